The molecule has 3 aromatic heterocycles. The Labute approximate surface area is 407 Å². The average Bonchev–Trinajstić information content (AvgIpc) is 4.09. The van der Waals surface area contributed by atoms with E-state index in [1.165, 1.54) is 86.3 Å². The molecule has 3 heterocycles. The molecule has 0 N–H and O–H groups in total. The van der Waals surface area contributed by atoms with E-state index >= 15 is 0 Å². The van der Waals surface area contributed by atoms with Gasteiger partial charge in [0.05, 0.1) is 38.8 Å². The second kappa shape index (κ2) is 16.1. The molecule has 14 aromatic rings. The normalized spacial score (nSPS) is 12.0. The molecule has 0 amide bonds. The van der Waals surface area contributed by atoms with Crippen LogP contribution in [0.1, 0.15) is 0 Å². The standard InChI is InChI=1S/C66H45N3Si/c1-5-22-46(23-6-1)47-24-19-25-48(44-47)67-58-36-16-13-34-55(58)56-43-42-49(45-63(56)67)68-61-39-21-40-62(69-59-37-17-14-32-53(59)54-33-15-18-38-60(54)69)65(61)57-35-20-41-64(66(57)68)70(50-26-7-2-8-27-50,51-28-9-3-10-29-51)52-30-11-4-12-31-52/h1-45H. The summed E-state index contributed by atoms with van der Waals surface area (Å²) >= 11 is 0. The summed E-state index contributed by atoms with van der Waals surface area (Å²) in [6.45, 7) is 0. The van der Waals surface area contributed by atoms with E-state index in [4.69, 9.17) is 0 Å². The third-order valence-corrected chi connectivity index (χ3v) is 19.6. The van der Waals surface area contributed by atoms with E-state index in [-0.39, 0.29) is 0 Å². The predicted octanol–water partition coefficient (Wildman–Crippen LogP) is 14.0. The first-order valence-corrected chi connectivity index (χ1v) is 26.2. The van der Waals surface area contributed by atoms with Crippen LogP contribution < -0.4 is 20.7 Å². The summed E-state index contributed by atoms with van der Waals surface area (Å²) in [5.41, 5.74) is 12.9. The molecule has 0 unspecified atom stereocenters. The average molecular weight is 908 g/mol. The number of aromatic nitrogens is 3. The zero-order valence-corrected chi connectivity index (χ0v) is 39.3. The van der Waals surface area contributed by atoms with Gasteiger partial charge in [0.2, 0.25) is 0 Å². The molecule has 0 fully saturated rings. The van der Waals surface area contributed by atoms with Gasteiger partial charge in [-0.05, 0) is 86.5 Å². The van der Waals surface area contributed by atoms with Gasteiger partial charge < -0.3 is 13.7 Å². The van der Waals surface area contributed by atoms with Crippen molar-refractivity contribution in [3.63, 3.8) is 0 Å². The Morgan fingerprint density at radius 2 is 0.700 bits per heavy atom. The number of fused-ring (bicyclic) bond motifs is 9. The van der Waals surface area contributed by atoms with E-state index in [1.807, 2.05) is 0 Å². The maximum atomic E-state index is 2.61. The molecular formula is C66H45N3Si. The van der Waals surface area contributed by atoms with E-state index in [0.29, 0.717) is 0 Å². The van der Waals surface area contributed by atoms with Gasteiger partial charge in [-0.15, -0.1) is 0 Å². The molecule has 328 valence electrons. The van der Waals surface area contributed by atoms with E-state index in [9.17, 15) is 0 Å². The van der Waals surface area contributed by atoms with Gasteiger partial charge in [-0.2, -0.15) is 0 Å². The van der Waals surface area contributed by atoms with Crippen LogP contribution >= 0.6 is 0 Å². The van der Waals surface area contributed by atoms with Crippen LogP contribution in [0.25, 0.3) is 93.6 Å². The second-order valence-electron chi connectivity index (χ2n) is 18.4. The molecule has 11 aromatic carbocycles. The Hall–Kier alpha value is -8.96. The first kappa shape index (κ1) is 40.1. The van der Waals surface area contributed by atoms with Crippen molar-refractivity contribution in [1.29, 1.82) is 0 Å². The van der Waals surface area contributed by atoms with Gasteiger partial charge in [0.25, 0.3) is 0 Å². The highest BCUT2D eigenvalue weighted by Gasteiger charge is 2.43. The Morgan fingerprint density at radius 1 is 0.257 bits per heavy atom. The summed E-state index contributed by atoms with van der Waals surface area (Å²) in [5, 5.41) is 12.8. The Morgan fingerprint density at radius 3 is 1.30 bits per heavy atom. The van der Waals surface area contributed by atoms with Crippen LogP contribution in [0.4, 0.5) is 0 Å². The molecule has 0 aliphatic heterocycles. The van der Waals surface area contributed by atoms with Crippen LogP contribution in [0.2, 0.25) is 0 Å². The number of nitrogens with zero attached hydrogens (tertiary/aromatic N) is 3. The molecule has 0 atom stereocenters. The van der Waals surface area contributed by atoms with Gasteiger partial charge in [-0.1, -0.05) is 218 Å². The van der Waals surface area contributed by atoms with Gasteiger partial charge in [0, 0.05) is 43.7 Å². The lowest BCUT2D eigenvalue weighted by Crippen LogP contribution is -2.75. The lowest BCUT2D eigenvalue weighted by atomic mass is 10.1. The smallest absolute Gasteiger partial charge is 0.181 e. The molecule has 0 bridgehead atoms. The topological polar surface area (TPSA) is 14.8 Å². The molecule has 0 radical (unpaired) electrons. The number of rotatable bonds is 8. The molecule has 70 heavy (non-hydrogen) atoms. The largest absolute Gasteiger partial charge is 0.309 e. The number of benzene rings is 11. The van der Waals surface area contributed by atoms with Crippen molar-refractivity contribution in [2.75, 3.05) is 0 Å². The Balaban J connectivity index is 1.15. The van der Waals surface area contributed by atoms with Crippen molar-refractivity contribution in [3.05, 3.63) is 273 Å². The molecule has 0 saturated carbocycles. The molecule has 4 heteroatoms. The van der Waals surface area contributed by atoms with Crippen molar-refractivity contribution in [1.82, 2.24) is 13.7 Å². The molecule has 0 aliphatic rings. The monoisotopic (exact) mass is 907 g/mol. The SMILES string of the molecule is c1ccc(-c2cccc(-n3c4ccccc4c4ccc(-n5c6cccc(-n7c8ccccc8c8ccccc87)c6c6cccc([Si](c7ccccc7)(c7ccccc7)c7ccccc7)c65)cc43)c2)cc1. The fourth-order valence-electron chi connectivity index (χ4n) is 11.9. The zero-order chi connectivity index (χ0) is 46.2. The summed E-state index contributed by atoms with van der Waals surface area (Å²) < 4.78 is 7.58. The first-order valence-electron chi connectivity index (χ1n) is 24.2. The minimum Gasteiger partial charge on any atom is -0.309 e. The van der Waals surface area contributed by atoms with Gasteiger partial charge >= 0.3 is 0 Å². The number of hydrogen-bond donors (Lipinski definition) is 0. The van der Waals surface area contributed by atoms with Crippen molar-refractivity contribution in [3.8, 4) is 28.2 Å². The van der Waals surface area contributed by atoms with Gasteiger partial charge in [0.15, 0.2) is 8.07 Å². The molecular weight excluding hydrogens is 863 g/mol. The van der Waals surface area contributed by atoms with Crippen molar-refractivity contribution in [2.45, 2.75) is 0 Å². The second-order valence-corrected chi connectivity index (χ2v) is 22.2. The third kappa shape index (κ3) is 5.94. The molecule has 0 saturated heterocycles. The maximum absolute atomic E-state index is 3.08. The molecule has 3 nitrogen and oxygen atoms in total. The predicted molar refractivity (Wildman–Crippen MR) is 299 cm³/mol. The van der Waals surface area contributed by atoms with E-state index in [2.05, 4.69) is 287 Å². The zero-order valence-electron chi connectivity index (χ0n) is 38.3. The van der Waals surface area contributed by atoms with Crippen LogP contribution in [0.5, 0.6) is 0 Å². The molecule has 0 spiro atoms. The highest BCUT2D eigenvalue weighted by atomic mass is 28.3. The van der Waals surface area contributed by atoms with E-state index in [0.717, 1.165) is 28.1 Å². The molecule has 0 aliphatic carbocycles. The minimum atomic E-state index is -3.08. The van der Waals surface area contributed by atoms with Crippen LogP contribution in [0.15, 0.2) is 273 Å². The number of hydrogen-bond acceptors (Lipinski definition) is 0. The quantitative estimate of drug-likeness (QED) is 0.107. The first-order chi connectivity index (χ1) is 34.8. The summed E-state index contributed by atoms with van der Waals surface area (Å²) in [6.07, 6.45) is 0. The van der Waals surface area contributed by atoms with Crippen LogP contribution in [0, 0.1) is 0 Å². The fourth-order valence-corrected chi connectivity index (χ4v) is 16.9. The van der Waals surface area contributed by atoms with Gasteiger partial charge in [0.1, 0.15) is 0 Å². The highest BCUT2D eigenvalue weighted by Crippen LogP contribution is 2.42. The van der Waals surface area contributed by atoms with Crippen LogP contribution in [-0.4, -0.2) is 21.8 Å². The fraction of sp³-hybridized carbons (Fsp3) is 0. The van der Waals surface area contributed by atoms with Crippen molar-refractivity contribution < 1.29 is 0 Å². The third-order valence-electron chi connectivity index (χ3n) is 14.8. The lowest BCUT2D eigenvalue weighted by Gasteiger charge is -2.35. The molecule has 14 rings (SSSR count). The van der Waals surface area contributed by atoms with Gasteiger partial charge in [-0.25, -0.2) is 0 Å². The maximum Gasteiger partial charge on any atom is 0.181 e. The number of para-hydroxylation sites is 4. The van der Waals surface area contributed by atoms with E-state index < -0.39 is 8.07 Å². The Bertz CT molecular complexity index is 4130. The minimum absolute atomic E-state index is 1.11. The summed E-state index contributed by atoms with van der Waals surface area (Å²) in [7, 11) is -3.08. The lowest BCUT2D eigenvalue weighted by molar-refractivity contribution is 1.15. The van der Waals surface area contributed by atoms with Crippen molar-refractivity contribution >= 4 is 94.2 Å². The Kier molecular flexibility index (Phi) is 9.23. The van der Waals surface area contributed by atoms with Crippen LogP contribution in [-0.2, 0) is 0 Å². The van der Waals surface area contributed by atoms with E-state index in [1.54, 1.807) is 0 Å². The van der Waals surface area contributed by atoms with Crippen molar-refractivity contribution in [2.24, 2.45) is 0 Å². The summed E-state index contributed by atoms with van der Waals surface area (Å²) in [6, 6.07) is 102. The highest BCUT2D eigenvalue weighted by molar-refractivity contribution is 7.20. The van der Waals surface area contributed by atoms with Gasteiger partial charge in [-0.3, -0.25) is 0 Å². The summed E-state index contributed by atoms with van der Waals surface area (Å²) in [4.78, 5) is 0. The summed E-state index contributed by atoms with van der Waals surface area (Å²) in [5.74, 6) is 0. The van der Waals surface area contributed by atoms with Crippen LogP contribution in [0.3, 0.4) is 0 Å².